The first-order valence-electron chi connectivity index (χ1n) is 8.04. The summed E-state index contributed by atoms with van der Waals surface area (Å²) in [4.78, 5) is 28.1. The number of nitrogens with one attached hydrogen (secondary N) is 2. The summed E-state index contributed by atoms with van der Waals surface area (Å²) in [5, 5.41) is 5.99. The van der Waals surface area contributed by atoms with Gasteiger partial charge < -0.3 is 20.4 Å². The third-order valence-corrected chi connectivity index (χ3v) is 4.07. The number of urea groups is 1. The van der Waals surface area contributed by atoms with Gasteiger partial charge in [-0.15, -0.1) is 0 Å². The van der Waals surface area contributed by atoms with Crippen molar-refractivity contribution in [3.8, 4) is 0 Å². The number of amides is 3. The molecule has 0 radical (unpaired) electrons. The van der Waals surface area contributed by atoms with Gasteiger partial charge in [-0.3, -0.25) is 4.79 Å². The zero-order chi connectivity index (χ0) is 15.2. The molecule has 1 saturated carbocycles. The van der Waals surface area contributed by atoms with E-state index >= 15 is 0 Å². The zero-order valence-electron chi connectivity index (χ0n) is 13.2. The van der Waals surface area contributed by atoms with Crippen LogP contribution in [0.5, 0.6) is 0 Å². The number of nitrogens with zero attached hydrogens (tertiary/aromatic N) is 2. The smallest absolute Gasteiger partial charge is 0.317 e. The SMILES string of the molecule is CN(C)CCCNC(=O)C1CCCN(C(=O)NC2CC2)C1. The maximum Gasteiger partial charge on any atom is 0.317 e. The molecule has 1 heterocycles. The molecule has 2 fully saturated rings. The van der Waals surface area contributed by atoms with E-state index in [1.807, 2.05) is 14.1 Å². The van der Waals surface area contributed by atoms with Crippen LogP contribution in [0, 0.1) is 5.92 Å². The predicted octanol–water partition coefficient (Wildman–Crippen LogP) is 0.638. The minimum Gasteiger partial charge on any atom is -0.356 e. The summed E-state index contributed by atoms with van der Waals surface area (Å²) in [6, 6.07) is 0.375. The van der Waals surface area contributed by atoms with E-state index < -0.39 is 0 Å². The summed E-state index contributed by atoms with van der Waals surface area (Å²) in [5.74, 6) is 0.0423. The molecule has 0 aromatic carbocycles. The molecular weight excluding hydrogens is 268 g/mol. The molecule has 1 aliphatic heterocycles. The van der Waals surface area contributed by atoms with Crippen molar-refractivity contribution in [3.63, 3.8) is 0 Å². The second-order valence-electron chi connectivity index (χ2n) is 6.46. The lowest BCUT2D eigenvalue weighted by Crippen LogP contribution is -2.49. The summed E-state index contributed by atoms with van der Waals surface area (Å²) in [6.45, 7) is 3.00. The maximum absolute atomic E-state index is 12.2. The van der Waals surface area contributed by atoms with E-state index in [1.54, 1.807) is 4.90 Å². The van der Waals surface area contributed by atoms with E-state index in [0.717, 1.165) is 45.2 Å². The van der Waals surface area contributed by atoms with Gasteiger partial charge in [-0.25, -0.2) is 4.79 Å². The lowest BCUT2D eigenvalue weighted by molar-refractivity contribution is -0.126. The van der Waals surface area contributed by atoms with Crippen LogP contribution in [0.3, 0.4) is 0 Å². The van der Waals surface area contributed by atoms with Crippen LogP contribution in [0.15, 0.2) is 0 Å². The minimum absolute atomic E-state index is 0.00241. The fraction of sp³-hybridized carbons (Fsp3) is 0.867. The standard InChI is InChI=1S/C15H28N4O2/c1-18(2)9-4-8-16-14(20)12-5-3-10-19(11-12)15(21)17-13-6-7-13/h12-13H,3-11H2,1-2H3,(H,16,20)(H,17,21). The Morgan fingerprint density at radius 2 is 2.00 bits per heavy atom. The van der Waals surface area contributed by atoms with Crippen molar-refractivity contribution in [1.29, 1.82) is 0 Å². The van der Waals surface area contributed by atoms with Crippen molar-refractivity contribution in [2.75, 3.05) is 40.3 Å². The molecule has 3 amide bonds. The van der Waals surface area contributed by atoms with E-state index in [2.05, 4.69) is 15.5 Å². The van der Waals surface area contributed by atoms with E-state index in [-0.39, 0.29) is 17.9 Å². The molecule has 120 valence electrons. The number of piperidine rings is 1. The van der Waals surface area contributed by atoms with Gasteiger partial charge in [-0.1, -0.05) is 0 Å². The van der Waals surface area contributed by atoms with Crippen LogP contribution in [0.1, 0.15) is 32.1 Å². The van der Waals surface area contributed by atoms with Gasteiger partial charge >= 0.3 is 6.03 Å². The number of rotatable bonds is 6. The van der Waals surface area contributed by atoms with Crippen LogP contribution in [0.25, 0.3) is 0 Å². The van der Waals surface area contributed by atoms with Crippen LogP contribution in [0.4, 0.5) is 4.79 Å². The second kappa shape index (κ2) is 7.64. The third kappa shape index (κ3) is 5.53. The molecule has 0 aromatic rings. The summed E-state index contributed by atoms with van der Waals surface area (Å²) in [7, 11) is 4.05. The Bertz CT molecular complexity index is 369. The Kier molecular flexibility index (Phi) is 5.85. The highest BCUT2D eigenvalue weighted by Gasteiger charge is 2.31. The molecular formula is C15H28N4O2. The van der Waals surface area contributed by atoms with Gasteiger partial charge in [0.2, 0.25) is 5.91 Å². The molecule has 2 rings (SSSR count). The monoisotopic (exact) mass is 296 g/mol. The number of hydrogen-bond donors (Lipinski definition) is 2. The van der Waals surface area contributed by atoms with Crippen LogP contribution in [-0.4, -0.2) is 68.1 Å². The third-order valence-electron chi connectivity index (χ3n) is 4.07. The van der Waals surface area contributed by atoms with Crippen LogP contribution in [0.2, 0.25) is 0 Å². The largest absolute Gasteiger partial charge is 0.356 e. The van der Waals surface area contributed by atoms with Crippen molar-refractivity contribution in [3.05, 3.63) is 0 Å². The van der Waals surface area contributed by atoms with Crippen molar-refractivity contribution in [2.45, 2.75) is 38.1 Å². The zero-order valence-corrected chi connectivity index (χ0v) is 13.2. The Labute approximate surface area is 127 Å². The highest BCUT2D eigenvalue weighted by molar-refractivity contribution is 5.81. The van der Waals surface area contributed by atoms with Gasteiger partial charge in [0.25, 0.3) is 0 Å². The minimum atomic E-state index is -0.0527. The van der Waals surface area contributed by atoms with Gasteiger partial charge in [0.15, 0.2) is 0 Å². The number of hydrogen-bond acceptors (Lipinski definition) is 3. The highest BCUT2D eigenvalue weighted by atomic mass is 16.2. The van der Waals surface area contributed by atoms with E-state index in [0.29, 0.717) is 19.1 Å². The van der Waals surface area contributed by atoms with Crippen molar-refractivity contribution in [2.24, 2.45) is 5.92 Å². The fourth-order valence-electron chi connectivity index (χ4n) is 2.62. The van der Waals surface area contributed by atoms with Crippen LogP contribution >= 0.6 is 0 Å². The topological polar surface area (TPSA) is 64.7 Å². The Hall–Kier alpha value is -1.30. The molecule has 6 nitrogen and oxygen atoms in total. The average Bonchev–Trinajstić information content (AvgIpc) is 3.27. The quantitative estimate of drug-likeness (QED) is 0.707. The van der Waals surface area contributed by atoms with Crippen molar-refractivity contribution in [1.82, 2.24) is 20.4 Å². The van der Waals surface area contributed by atoms with E-state index in [9.17, 15) is 9.59 Å². The van der Waals surface area contributed by atoms with Crippen LogP contribution in [-0.2, 0) is 4.79 Å². The van der Waals surface area contributed by atoms with Gasteiger partial charge in [-0.2, -0.15) is 0 Å². The van der Waals surface area contributed by atoms with Gasteiger partial charge in [-0.05, 0) is 52.7 Å². The summed E-state index contributed by atoms with van der Waals surface area (Å²) in [6.07, 6.45) is 4.93. The lowest BCUT2D eigenvalue weighted by Gasteiger charge is -2.32. The van der Waals surface area contributed by atoms with Crippen molar-refractivity contribution >= 4 is 11.9 Å². The summed E-state index contributed by atoms with van der Waals surface area (Å²) < 4.78 is 0. The molecule has 0 bridgehead atoms. The molecule has 1 saturated heterocycles. The molecule has 2 aliphatic rings. The van der Waals surface area contributed by atoms with Gasteiger partial charge in [0.05, 0.1) is 5.92 Å². The van der Waals surface area contributed by atoms with Crippen molar-refractivity contribution < 1.29 is 9.59 Å². The number of carbonyl (C=O) groups excluding carboxylic acids is 2. The first-order valence-corrected chi connectivity index (χ1v) is 8.04. The number of carbonyl (C=O) groups is 2. The normalized spacial score (nSPS) is 22.2. The lowest BCUT2D eigenvalue weighted by atomic mass is 9.97. The first kappa shape index (κ1) is 16.1. The molecule has 0 aromatic heterocycles. The molecule has 2 N–H and O–H groups in total. The first-order chi connectivity index (χ1) is 10.1. The Morgan fingerprint density at radius 3 is 2.67 bits per heavy atom. The predicted molar refractivity (Wildman–Crippen MR) is 82.0 cm³/mol. The molecule has 1 unspecified atom stereocenters. The highest BCUT2D eigenvalue weighted by Crippen LogP contribution is 2.21. The summed E-state index contributed by atoms with van der Waals surface area (Å²) >= 11 is 0. The molecule has 1 aliphatic carbocycles. The average molecular weight is 296 g/mol. The Balaban J connectivity index is 1.69. The van der Waals surface area contributed by atoms with E-state index in [1.165, 1.54) is 0 Å². The van der Waals surface area contributed by atoms with Gasteiger partial charge in [0, 0.05) is 25.7 Å². The summed E-state index contributed by atoms with van der Waals surface area (Å²) in [5.41, 5.74) is 0. The number of likely N-dealkylation sites (tertiary alicyclic amines) is 1. The maximum atomic E-state index is 12.2. The van der Waals surface area contributed by atoms with Gasteiger partial charge in [0.1, 0.15) is 0 Å². The Morgan fingerprint density at radius 1 is 1.24 bits per heavy atom. The molecule has 0 spiro atoms. The molecule has 1 atom stereocenters. The fourth-order valence-corrected chi connectivity index (χ4v) is 2.62. The van der Waals surface area contributed by atoms with E-state index in [4.69, 9.17) is 0 Å². The second-order valence-corrected chi connectivity index (χ2v) is 6.46. The molecule has 21 heavy (non-hydrogen) atoms. The van der Waals surface area contributed by atoms with Crippen LogP contribution < -0.4 is 10.6 Å². The molecule has 6 heteroatoms.